The molecular weight excluding hydrogens is 530 g/mol. The molecule has 0 fully saturated rings. The summed E-state index contributed by atoms with van der Waals surface area (Å²) >= 11 is 0. The second kappa shape index (κ2) is 11.1. The van der Waals surface area contributed by atoms with Gasteiger partial charge in [0.25, 0.3) is 0 Å². The molecule has 4 aromatic carbocycles. The Morgan fingerprint density at radius 1 is 0.512 bits per heavy atom. The molecule has 220 valence electrons. The lowest BCUT2D eigenvalue weighted by Gasteiger charge is -2.38. The van der Waals surface area contributed by atoms with Crippen LogP contribution in [0, 0.1) is 0 Å². The zero-order valence-corrected chi connectivity index (χ0v) is 26.6. The summed E-state index contributed by atoms with van der Waals surface area (Å²) in [5.74, 6) is 0. The molecule has 4 nitrogen and oxygen atoms in total. The molecule has 1 aliphatic rings. The maximum absolute atomic E-state index is 10.7. The predicted octanol–water partition coefficient (Wildman–Crippen LogP) is 5.67. The van der Waals surface area contributed by atoms with Crippen LogP contribution in [-0.2, 0) is 14.7 Å². The van der Waals surface area contributed by atoms with Crippen LogP contribution in [0.15, 0.2) is 97.1 Å². The van der Waals surface area contributed by atoms with Gasteiger partial charge in [0.15, 0.2) is 0 Å². The standard InChI is InChI=1S/C37H42B2O4/c1-33(2,40)35(5,6)42-38-27-17-13-15-25(23-27)37(31-21-11-9-19-29(31)30-20-10-12-22-32(30)37)26-16-14-18-28(24-26)39-43-36(7,8)34(3,4)41/h9-24,40-41H,1-8H3. The van der Waals surface area contributed by atoms with Crippen molar-refractivity contribution in [2.75, 3.05) is 0 Å². The molecule has 6 heteroatoms. The van der Waals surface area contributed by atoms with Gasteiger partial charge in [-0.3, -0.25) is 0 Å². The van der Waals surface area contributed by atoms with Gasteiger partial charge < -0.3 is 19.5 Å². The maximum Gasteiger partial charge on any atom is 0.330 e. The van der Waals surface area contributed by atoms with E-state index in [0.29, 0.717) is 0 Å². The van der Waals surface area contributed by atoms with Crippen molar-refractivity contribution in [2.45, 2.75) is 83.2 Å². The van der Waals surface area contributed by atoms with Crippen LogP contribution in [-0.4, -0.2) is 47.6 Å². The normalized spacial score (nSPS) is 14.7. The molecule has 0 saturated carbocycles. The lowest BCUT2D eigenvalue weighted by molar-refractivity contribution is -0.0893. The van der Waals surface area contributed by atoms with Crippen LogP contribution in [0.5, 0.6) is 0 Å². The average molecular weight is 572 g/mol. The van der Waals surface area contributed by atoms with Crippen molar-refractivity contribution in [2.24, 2.45) is 0 Å². The fraction of sp³-hybridized carbons (Fsp3) is 0.351. The van der Waals surface area contributed by atoms with Crippen molar-refractivity contribution in [1.82, 2.24) is 0 Å². The summed E-state index contributed by atoms with van der Waals surface area (Å²) in [6.07, 6.45) is 0. The monoisotopic (exact) mass is 572 g/mol. The second-order valence-corrected chi connectivity index (χ2v) is 13.7. The van der Waals surface area contributed by atoms with Gasteiger partial charge in [0, 0.05) is 0 Å². The van der Waals surface area contributed by atoms with Crippen molar-refractivity contribution in [3.63, 3.8) is 0 Å². The third-order valence-corrected chi connectivity index (χ3v) is 9.52. The Kier molecular flexibility index (Phi) is 8.07. The lowest BCUT2D eigenvalue weighted by atomic mass is 9.65. The lowest BCUT2D eigenvalue weighted by Crippen LogP contribution is -2.49. The molecule has 0 heterocycles. The summed E-state index contributed by atoms with van der Waals surface area (Å²) in [7, 11) is 3.50. The minimum absolute atomic E-state index is 0.599. The number of fused-ring (bicyclic) bond motifs is 3. The second-order valence-electron chi connectivity index (χ2n) is 13.7. The number of hydrogen-bond donors (Lipinski definition) is 2. The van der Waals surface area contributed by atoms with E-state index in [0.717, 1.165) is 22.1 Å². The molecule has 43 heavy (non-hydrogen) atoms. The Bertz CT molecular complexity index is 1490. The van der Waals surface area contributed by atoms with E-state index in [1.165, 1.54) is 22.3 Å². The molecule has 0 amide bonds. The Balaban J connectivity index is 1.66. The number of rotatable bonds is 10. The molecule has 0 aliphatic heterocycles. The molecule has 0 unspecified atom stereocenters. The topological polar surface area (TPSA) is 58.9 Å². The summed E-state index contributed by atoms with van der Waals surface area (Å²) in [5.41, 5.74) is 4.67. The van der Waals surface area contributed by atoms with Crippen molar-refractivity contribution in [1.29, 1.82) is 0 Å². The SMILES string of the molecule is CC(C)(O)C(C)(C)O[B]c1cccc(C2(c3cccc([B]OC(C)(C)C(C)(C)O)c3)c3ccccc3-c3ccccc32)c1. The van der Waals surface area contributed by atoms with Crippen LogP contribution in [0.3, 0.4) is 0 Å². The minimum Gasteiger partial charge on any atom is -0.427 e. The molecular formula is C37H42B2O4. The molecule has 5 rings (SSSR count). The van der Waals surface area contributed by atoms with Crippen LogP contribution >= 0.6 is 0 Å². The van der Waals surface area contributed by atoms with E-state index in [1.807, 2.05) is 39.8 Å². The highest BCUT2D eigenvalue weighted by atomic mass is 16.5. The largest absolute Gasteiger partial charge is 0.427 e. The third-order valence-electron chi connectivity index (χ3n) is 9.52. The first kappa shape index (κ1) is 31.3. The Hall–Kier alpha value is -3.15. The third kappa shape index (κ3) is 5.62. The molecule has 2 radical (unpaired) electrons. The highest BCUT2D eigenvalue weighted by Gasteiger charge is 2.46. The number of hydrogen-bond acceptors (Lipinski definition) is 4. The van der Waals surface area contributed by atoms with Crippen LogP contribution < -0.4 is 10.9 Å². The van der Waals surface area contributed by atoms with E-state index in [9.17, 15) is 10.2 Å². The van der Waals surface area contributed by atoms with E-state index in [-0.39, 0.29) is 0 Å². The fourth-order valence-corrected chi connectivity index (χ4v) is 5.43. The van der Waals surface area contributed by atoms with Crippen LogP contribution in [0.4, 0.5) is 0 Å². The molecule has 4 aromatic rings. The summed E-state index contributed by atoms with van der Waals surface area (Å²) < 4.78 is 12.3. The van der Waals surface area contributed by atoms with Gasteiger partial charge in [-0.1, -0.05) is 108 Å². The molecule has 1 aliphatic carbocycles. The van der Waals surface area contributed by atoms with Gasteiger partial charge in [-0.05, 0) is 88.8 Å². The summed E-state index contributed by atoms with van der Waals surface area (Å²) in [6.45, 7) is 14.6. The van der Waals surface area contributed by atoms with Gasteiger partial charge in [-0.15, -0.1) is 0 Å². The first-order chi connectivity index (χ1) is 20.1. The molecule has 0 spiro atoms. The van der Waals surface area contributed by atoms with Crippen LogP contribution in [0.2, 0.25) is 0 Å². The van der Waals surface area contributed by atoms with Crippen LogP contribution in [0.25, 0.3) is 11.1 Å². The maximum atomic E-state index is 10.7. The van der Waals surface area contributed by atoms with Crippen molar-refractivity contribution in [3.05, 3.63) is 119 Å². The van der Waals surface area contributed by atoms with E-state index >= 15 is 0 Å². The van der Waals surface area contributed by atoms with Crippen molar-refractivity contribution in [3.8, 4) is 11.1 Å². The summed E-state index contributed by atoms with van der Waals surface area (Å²) in [5, 5.41) is 21.3. The highest BCUT2D eigenvalue weighted by molar-refractivity contribution is 6.47. The van der Waals surface area contributed by atoms with Gasteiger partial charge in [0.1, 0.15) is 0 Å². The van der Waals surface area contributed by atoms with Gasteiger partial charge in [-0.2, -0.15) is 0 Å². The quantitative estimate of drug-likeness (QED) is 0.212. The van der Waals surface area contributed by atoms with Crippen molar-refractivity contribution < 1.29 is 19.5 Å². The van der Waals surface area contributed by atoms with Gasteiger partial charge in [0.2, 0.25) is 0 Å². The molecule has 0 aromatic heterocycles. The minimum atomic E-state index is -1.02. The first-order valence-corrected chi connectivity index (χ1v) is 15.0. The smallest absolute Gasteiger partial charge is 0.330 e. The Morgan fingerprint density at radius 2 is 0.884 bits per heavy atom. The van der Waals surface area contributed by atoms with E-state index in [1.54, 1.807) is 42.7 Å². The van der Waals surface area contributed by atoms with E-state index in [2.05, 4.69) is 84.9 Å². The van der Waals surface area contributed by atoms with Gasteiger partial charge in [0.05, 0.1) is 27.8 Å². The first-order valence-electron chi connectivity index (χ1n) is 15.0. The Labute approximate surface area is 258 Å². The predicted molar refractivity (Wildman–Crippen MR) is 177 cm³/mol. The fourth-order valence-electron chi connectivity index (χ4n) is 5.43. The Morgan fingerprint density at radius 3 is 1.26 bits per heavy atom. The molecule has 2 N–H and O–H groups in total. The highest BCUT2D eigenvalue weighted by Crippen LogP contribution is 2.55. The summed E-state index contributed by atoms with van der Waals surface area (Å²) in [6, 6.07) is 34.2. The molecule has 0 bridgehead atoms. The average Bonchev–Trinajstić information content (AvgIpc) is 3.26. The molecule has 0 atom stereocenters. The van der Waals surface area contributed by atoms with Crippen LogP contribution in [0.1, 0.15) is 77.6 Å². The van der Waals surface area contributed by atoms with E-state index < -0.39 is 27.8 Å². The number of aliphatic hydroxyl groups is 2. The molecule has 0 saturated heterocycles. The zero-order chi connectivity index (χ0) is 31.3. The van der Waals surface area contributed by atoms with Gasteiger partial charge in [-0.25, -0.2) is 0 Å². The van der Waals surface area contributed by atoms with Gasteiger partial charge >= 0.3 is 15.0 Å². The number of benzene rings is 4. The summed E-state index contributed by atoms with van der Waals surface area (Å²) in [4.78, 5) is 0. The zero-order valence-electron chi connectivity index (χ0n) is 26.6. The van der Waals surface area contributed by atoms with E-state index in [4.69, 9.17) is 9.31 Å². The van der Waals surface area contributed by atoms with Crippen molar-refractivity contribution >= 4 is 25.9 Å².